The van der Waals surface area contributed by atoms with E-state index < -0.39 is 5.97 Å². The maximum atomic E-state index is 11.0. The summed E-state index contributed by atoms with van der Waals surface area (Å²) in [4.78, 5) is 13.2. The van der Waals surface area contributed by atoms with Gasteiger partial charge in [0, 0.05) is 13.1 Å². The van der Waals surface area contributed by atoms with Crippen LogP contribution in [0.25, 0.3) is 0 Å². The van der Waals surface area contributed by atoms with Gasteiger partial charge in [-0.25, -0.2) is 0 Å². The summed E-state index contributed by atoms with van der Waals surface area (Å²) in [6, 6.07) is 5.98. The highest BCUT2D eigenvalue weighted by atomic mass is 79.9. The Labute approximate surface area is 121 Å². The van der Waals surface area contributed by atoms with Crippen LogP contribution in [0.15, 0.2) is 22.7 Å². The van der Waals surface area contributed by atoms with Crippen molar-refractivity contribution in [3.8, 4) is 5.75 Å². The minimum atomic E-state index is -0.680. The Hall–Kier alpha value is -1.07. The highest BCUT2D eigenvalue weighted by Crippen LogP contribution is 2.27. The molecule has 1 fully saturated rings. The number of carbonyl (C=O) groups is 1. The smallest absolute Gasteiger partial charge is 0.307 e. The van der Waals surface area contributed by atoms with Crippen molar-refractivity contribution in [1.82, 2.24) is 4.90 Å². The molecule has 1 atom stereocenters. The number of piperidine rings is 1. The SMILES string of the molecule is COc1ccc(CN2CCCC(C(=O)O)C2)cc1Br. The molecule has 104 valence electrons. The van der Waals surface area contributed by atoms with Crippen molar-refractivity contribution in [2.45, 2.75) is 19.4 Å². The minimum Gasteiger partial charge on any atom is -0.496 e. The normalized spacial score (nSPS) is 20.2. The van der Waals surface area contributed by atoms with E-state index in [-0.39, 0.29) is 5.92 Å². The molecule has 1 aliphatic rings. The van der Waals surface area contributed by atoms with Crippen LogP contribution in [0.4, 0.5) is 0 Å². The lowest BCUT2D eigenvalue weighted by Crippen LogP contribution is -2.38. The van der Waals surface area contributed by atoms with Crippen LogP contribution in [0, 0.1) is 5.92 Å². The zero-order valence-corrected chi connectivity index (χ0v) is 12.5. The highest BCUT2D eigenvalue weighted by Gasteiger charge is 2.25. The number of hydrogen-bond donors (Lipinski definition) is 1. The molecule has 0 aromatic heterocycles. The molecule has 0 spiro atoms. The Kier molecular flexibility index (Phi) is 4.82. The number of aliphatic carboxylic acids is 1. The topological polar surface area (TPSA) is 49.8 Å². The molecule has 5 heteroatoms. The number of methoxy groups -OCH3 is 1. The number of hydrogen-bond acceptors (Lipinski definition) is 3. The summed E-state index contributed by atoms with van der Waals surface area (Å²) in [6.07, 6.45) is 1.74. The Balaban J connectivity index is 2.00. The lowest BCUT2D eigenvalue weighted by Gasteiger charge is -2.30. The van der Waals surface area contributed by atoms with Gasteiger partial charge in [0.25, 0.3) is 0 Å². The summed E-state index contributed by atoms with van der Waals surface area (Å²) in [6.45, 7) is 2.39. The average molecular weight is 328 g/mol. The summed E-state index contributed by atoms with van der Waals surface area (Å²) >= 11 is 3.47. The molecule has 4 nitrogen and oxygen atoms in total. The molecular weight excluding hydrogens is 310 g/mol. The highest BCUT2D eigenvalue weighted by molar-refractivity contribution is 9.10. The van der Waals surface area contributed by atoms with E-state index in [4.69, 9.17) is 9.84 Å². The third kappa shape index (κ3) is 3.70. The number of likely N-dealkylation sites (tertiary alicyclic amines) is 1. The fourth-order valence-electron chi connectivity index (χ4n) is 2.47. The molecule has 1 aromatic rings. The molecule has 0 bridgehead atoms. The van der Waals surface area contributed by atoms with Gasteiger partial charge in [-0.15, -0.1) is 0 Å². The van der Waals surface area contributed by atoms with Crippen molar-refractivity contribution in [2.75, 3.05) is 20.2 Å². The van der Waals surface area contributed by atoms with Crippen molar-refractivity contribution < 1.29 is 14.6 Å². The zero-order chi connectivity index (χ0) is 13.8. The maximum Gasteiger partial charge on any atom is 0.307 e. The van der Waals surface area contributed by atoms with Gasteiger partial charge in [0.05, 0.1) is 17.5 Å². The number of nitrogens with zero attached hydrogens (tertiary/aromatic N) is 1. The van der Waals surface area contributed by atoms with Crippen LogP contribution < -0.4 is 4.74 Å². The summed E-state index contributed by atoms with van der Waals surface area (Å²) in [5.74, 6) is -0.0955. The van der Waals surface area contributed by atoms with Crippen molar-refractivity contribution in [3.63, 3.8) is 0 Å². The summed E-state index contributed by atoms with van der Waals surface area (Å²) < 4.78 is 6.13. The molecule has 0 aliphatic carbocycles. The van der Waals surface area contributed by atoms with Gasteiger partial charge in [-0.1, -0.05) is 6.07 Å². The van der Waals surface area contributed by atoms with Crippen LogP contribution in [0.2, 0.25) is 0 Å². The van der Waals surface area contributed by atoms with Crippen LogP contribution in [0.3, 0.4) is 0 Å². The van der Waals surface area contributed by atoms with Crippen LogP contribution >= 0.6 is 15.9 Å². The predicted octanol–water partition coefficient (Wildman–Crippen LogP) is 2.75. The monoisotopic (exact) mass is 327 g/mol. The average Bonchev–Trinajstić information content (AvgIpc) is 2.39. The Morgan fingerprint density at radius 1 is 1.58 bits per heavy atom. The van der Waals surface area contributed by atoms with Gasteiger partial charge in [0.1, 0.15) is 5.75 Å². The number of benzene rings is 1. The van der Waals surface area contributed by atoms with E-state index in [9.17, 15) is 4.79 Å². The lowest BCUT2D eigenvalue weighted by molar-refractivity contribution is -0.143. The predicted molar refractivity (Wildman–Crippen MR) is 76.3 cm³/mol. The molecule has 0 amide bonds. The van der Waals surface area contributed by atoms with Gasteiger partial charge in [-0.3, -0.25) is 9.69 Å². The summed E-state index contributed by atoms with van der Waals surface area (Å²) in [5, 5.41) is 9.08. The largest absolute Gasteiger partial charge is 0.496 e. The van der Waals surface area contributed by atoms with Gasteiger partial charge in [-0.05, 0) is 53.0 Å². The van der Waals surface area contributed by atoms with Gasteiger partial charge in [-0.2, -0.15) is 0 Å². The molecule has 0 saturated carbocycles. The Morgan fingerprint density at radius 3 is 3.00 bits per heavy atom. The van der Waals surface area contributed by atoms with Crippen molar-refractivity contribution in [2.24, 2.45) is 5.92 Å². The summed E-state index contributed by atoms with van der Waals surface area (Å²) in [7, 11) is 1.64. The number of carboxylic acid groups (broad SMARTS) is 1. The molecule has 1 unspecified atom stereocenters. The second-order valence-corrected chi connectivity index (χ2v) is 5.74. The van der Waals surface area contributed by atoms with Gasteiger partial charge < -0.3 is 9.84 Å². The quantitative estimate of drug-likeness (QED) is 0.923. The minimum absolute atomic E-state index is 0.226. The number of halogens is 1. The van der Waals surface area contributed by atoms with Crippen molar-refractivity contribution in [1.29, 1.82) is 0 Å². The van der Waals surface area contributed by atoms with E-state index >= 15 is 0 Å². The Bertz CT molecular complexity index is 464. The molecular formula is C14H18BrNO3. The zero-order valence-electron chi connectivity index (χ0n) is 10.9. The van der Waals surface area contributed by atoms with E-state index in [1.807, 2.05) is 18.2 Å². The summed E-state index contributed by atoms with van der Waals surface area (Å²) in [5.41, 5.74) is 1.17. The fourth-order valence-corrected chi connectivity index (χ4v) is 3.06. The number of rotatable bonds is 4. The molecule has 19 heavy (non-hydrogen) atoms. The van der Waals surface area contributed by atoms with E-state index in [0.29, 0.717) is 6.54 Å². The number of ether oxygens (including phenoxy) is 1. The van der Waals surface area contributed by atoms with Crippen LogP contribution in [0.5, 0.6) is 5.75 Å². The molecule has 1 aromatic carbocycles. The van der Waals surface area contributed by atoms with Crippen molar-refractivity contribution >= 4 is 21.9 Å². The third-order valence-corrected chi connectivity index (χ3v) is 4.10. The first-order valence-corrected chi connectivity index (χ1v) is 7.17. The molecule has 0 radical (unpaired) electrons. The second-order valence-electron chi connectivity index (χ2n) is 4.88. The maximum absolute atomic E-state index is 11.0. The van der Waals surface area contributed by atoms with Gasteiger partial charge in [0.15, 0.2) is 0 Å². The molecule has 1 heterocycles. The van der Waals surface area contributed by atoms with Gasteiger partial charge >= 0.3 is 5.97 Å². The second kappa shape index (κ2) is 6.39. The number of carboxylic acids is 1. The van der Waals surface area contributed by atoms with E-state index in [1.54, 1.807) is 7.11 Å². The lowest BCUT2D eigenvalue weighted by atomic mass is 9.98. The van der Waals surface area contributed by atoms with Gasteiger partial charge in [0.2, 0.25) is 0 Å². The third-order valence-electron chi connectivity index (χ3n) is 3.48. The first-order chi connectivity index (χ1) is 9.10. The Morgan fingerprint density at radius 2 is 2.37 bits per heavy atom. The van der Waals surface area contributed by atoms with E-state index in [1.165, 1.54) is 5.56 Å². The molecule has 1 aliphatic heterocycles. The van der Waals surface area contributed by atoms with Crippen molar-refractivity contribution in [3.05, 3.63) is 28.2 Å². The first-order valence-electron chi connectivity index (χ1n) is 6.37. The van der Waals surface area contributed by atoms with Crippen LogP contribution in [-0.4, -0.2) is 36.2 Å². The van der Waals surface area contributed by atoms with Crippen LogP contribution in [-0.2, 0) is 11.3 Å². The molecule has 1 N–H and O–H groups in total. The fraction of sp³-hybridized carbons (Fsp3) is 0.500. The van der Waals surface area contributed by atoms with Crippen LogP contribution in [0.1, 0.15) is 18.4 Å². The first kappa shape index (κ1) is 14.3. The standard InChI is InChI=1S/C14H18BrNO3/c1-19-13-5-4-10(7-12(13)15)8-16-6-2-3-11(9-16)14(17)18/h4-5,7,11H,2-3,6,8-9H2,1H3,(H,17,18). The molecule has 2 rings (SSSR count). The molecule has 1 saturated heterocycles. The van der Waals surface area contributed by atoms with E-state index in [2.05, 4.69) is 20.8 Å². The van der Waals surface area contributed by atoms with E-state index in [0.717, 1.165) is 36.2 Å².